The van der Waals surface area contributed by atoms with Crippen LogP contribution in [0.4, 0.5) is 28.1 Å². The van der Waals surface area contributed by atoms with E-state index in [9.17, 15) is 14.2 Å². The van der Waals surface area contributed by atoms with Crippen LogP contribution in [0.2, 0.25) is 0 Å². The number of nitrogens with one attached hydrogen (secondary N) is 2. The van der Waals surface area contributed by atoms with Gasteiger partial charge in [0.2, 0.25) is 5.95 Å². The summed E-state index contributed by atoms with van der Waals surface area (Å²) in [6.45, 7) is -3.64. The van der Waals surface area contributed by atoms with E-state index in [1.165, 1.54) is 12.7 Å². The lowest BCUT2D eigenvalue weighted by Crippen LogP contribution is -2.41. The molecule has 3 aromatic rings. The molecule has 17 nitrogen and oxygen atoms in total. The number of imidazole rings is 1. The number of anilines is 4. The van der Waals surface area contributed by atoms with Crippen LogP contribution in [0.3, 0.4) is 0 Å². The monoisotopic (exact) mass is 600 g/mol. The van der Waals surface area contributed by atoms with Crippen molar-refractivity contribution < 1.29 is 27.9 Å². The summed E-state index contributed by atoms with van der Waals surface area (Å²) in [4.78, 5) is 43.9. The number of rotatable bonds is 10. The van der Waals surface area contributed by atoms with Crippen molar-refractivity contribution in [3.8, 4) is 0 Å². The molecule has 0 aromatic carbocycles. The second kappa shape index (κ2) is 11.2. The molecule has 20 heteroatoms. The van der Waals surface area contributed by atoms with Crippen LogP contribution in [-0.2, 0) is 23.1 Å². The molecule has 3 aromatic heterocycles. The summed E-state index contributed by atoms with van der Waals surface area (Å²) in [5.74, 6) is 0.695. The van der Waals surface area contributed by atoms with Crippen molar-refractivity contribution >= 4 is 68.4 Å². The van der Waals surface area contributed by atoms with Gasteiger partial charge in [-0.1, -0.05) is 12.2 Å². The fourth-order valence-corrected chi connectivity index (χ4v) is 5.61. The number of carbonyl (C=O) groups is 1. The summed E-state index contributed by atoms with van der Waals surface area (Å²) in [7, 11) is 1.93. The summed E-state index contributed by atoms with van der Waals surface area (Å²) in [6.07, 6.45) is 2.59. The predicted octanol–water partition coefficient (Wildman–Crippen LogP) is 1.09. The van der Waals surface area contributed by atoms with Gasteiger partial charge in [-0.25, -0.2) is 24.3 Å². The van der Waals surface area contributed by atoms with E-state index in [2.05, 4.69) is 42.5 Å². The summed E-state index contributed by atoms with van der Waals surface area (Å²) in [5.41, 5.74) is 11.6. The third-order valence-electron chi connectivity index (χ3n) is 6.06. The highest BCUT2D eigenvalue weighted by molar-refractivity contribution is 8.44. The third-order valence-corrected chi connectivity index (χ3v) is 7.90. The van der Waals surface area contributed by atoms with Gasteiger partial charge in [0, 0.05) is 6.54 Å². The molecule has 2 aliphatic rings. The molecule has 3 unspecified atom stereocenters. The third kappa shape index (κ3) is 6.10. The fourth-order valence-electron chi connectivity index (χ4n) is 4.33. The Bertz CT molecular complexity index is 1490. The van der Waals surface area contributed by atoms with Crippen LogP contribution in [0.25, 0.3) is 11.2 Å². The number of nitrogen functional groups attached to an aromatic ring is 2. The van der Waals surface area contributed by atoms with Crippen molar-refractivity contribution in [1.82, 2.24) is 29.5 Å². The van der Waals surface area contributed by atoms with E-state index in [0.29, 0.717) is 30.0 Å². The Hall–Kier alpha value is -3.01. The molecule has 0 spiro atoms. The van der Waals surface area contributed by atoms with Crippen LogP contribution in [0.1, 0.15) is 19.1 Å². The second-order valence-electron chi connectivity index (χ2n) is 8.60. The Kier molecular flexibility index (Phi) is 7.94. The van der Waals surface area contributed by atoms with Crippen molar-refractivity contribution in [2.45, 2.75) is 31.3 Å². The lowest BCUT2D eigenvalue weighted by molar-refractivity contribution is -0.0174. The normalized spacial score (nSPS) is 22.0. The van der Waals surface area contributed by atoms with Gasteiger partial charge in [0.15, 0.2) is 22.8 Å². The van der Waals surface area contributed by atoms with Gasteiger partial charge in [-0.3, -0.25) is 23.4 Å². The predicted molar refractivity (Wildman–Crippen MR) is 146 cm³/mol. The van der Waals surface area contributed by atoms with Gasteiger partial charge < -0.3 is 31.2 Å². The van der Waals surface area contributed by atoms with E-state index >= 15 is 0 Å². The fraction of sp³-hybridized carbons (Fsp3) is 0.474. The quantitative estimate of drug-likeness (QED) is 0.162. The molecule has 1 fully saturated rings. The first-order valence-corrected chi connectivity index (χ1v) is 14.9. The lowest BCUT2D eigenvalue weighted by atomic mass is 10.2. The van der Waals surface area contributed by atoms with Gasteiger partial charge in [0.1, 0.15) is 31.0 Å². The molecule has 210 valence electrons. The first kappa shape index (κ1) is 27.6. The number of aromatic nitrogens is 6. The van der Waals surface area contributed by atoms with Gasteiger partial charge in [0.05, 0.1) is 25.6 Å². The van der Waals surface area contributed by atoms with Gasteiger partial charge in [-0.2, -0.15) is 4.98 Å². The molecular weight excluding hydrogens is 574 g/mol. The molecule has 5 atom stereocenters. The summed E-state index contributed by atoms with van der Waals surface area (Å²) in [6, 6.07) is 0. The minimum atomic E-state index is -3.75. The SMILES string of the molecule is Nc1nc2c(ncn2[C@H]2CC[C@@H](COP(=O)(S)OCCN3c4ncnc(N)c4NC3COC(=O)P)O2)c(=O)[nH]1. The maximum atomic E-state index is 12.8. The molecular formula is C19H26N10O7P2S. The molecule has 0 saturated carbocycles. The Morgan fingerprint density at radius 2 is 2.08 bits per heavy atom. The number of nitrogens with zero attached hydrogens (tertiary/aromatic N) is 6. The average Bonchev–Trinajstić information content (AvgIpc) is 3.59. The molecule has 5 heterocycles. The van der Waals surface area contributed by atoms with E-state index in [4.69, 9.17) is 30.0 Å². The van der Waals surface area contributed by atoms with Gasteiger partial charge in [0.25, 0.3) is 5.56 Å². The van der Waals surface area contributed by atoms with E-state index in [1.807, 2.05) is 9.24 Å². The number of nitrogens with two attached hydrogens (primary N) is 2. The minimum Gasteiger partial charge on any atom is -0.459 e. The Labute approximate surface area is 228 Å². The maximum Gasteiger partial charge on any atom is 0.386 e. The molecule has 0 radical (unpaired) electrons. The number of carbonyl (C=O) groups excluding carboxylic acids is 1. The number of H-pyrrole nitrogens is 1. The van der Waals surface area contributed by atoms with Crippen LogP contribution in [0, 0.1) is 0 Å². The first-order valence-electron chi connectivity index (χ1n) is 11.7. The zero-order chi connectivity index (χ0) is 27.7. The van der Waals surface area contributed by atoms with Crippen molar-refractivity contribution in [2.75, 3.05) is 48.0 Å². The van der Waals surface area contributed by atoms with Gasteiger partial charge in [-0.05, 0) is 22.1 Å². The van der Waals surface area contributed by atoms with E-state index < -0.39 is 36.6 Å². The van der Waals surface area contributed by atoms with Crippen molar-refractivity contribution in [3.63, 3.8) is 0 Å². The zero-order valence-corrected chi connectivity index (χ0v) is 23.2. The smallest absolute Gasteiger partial charge is 0.386 e. The van der Waals surface area contributed by atoms with Crippen LogP contribution in [0.5, 0.6) is 0 Å². The Balaban J connectivity index is 1.14. The lowest BCUT2D eigenvalue weighted by Gasteiger charge is -2.26. The summed E-state index contributed by atoms with van der Waals surface area (Å²) < 4.78 is 36.5. The molecule has 1 saturated heterocycles. The standard InChI is InChI=1S/C19H26N10O7P2S/c20-14-12-15(23-7-22-14)28(10(25-12)6-33-19(31)37)3-4-34-38(32,39)35-5-9-1-2-11(36-9)29-8-24-13-16(29)26-18(21)27-17(13)30/h7-11,25H,1-6,37H2,(H,32,39)(H2,20,22,23)(H3,21,26,27,30)/t9-,10?,11+,38?/m0/s1. The largest absolute Gasteiger partial charge is 0.459 e. The highest BCUT2D eigenvalue weighted by Gasteiger charge is 2.34. The van der Waals surface area contributed by atoms with Crippen molar-refractivity contribution in [1.29, 1.82) is 0 Å². The molecule has 2 aliphatic heterocycles. The number of hydrogen-bond donors (Lipinski definition) is 5. The number of ether oxygens (including phenoxy) is 2. The van der Waals surface area contributed by atoms with Gasteiger partial charge >= 0.3 is 12.5 Å². The van der Waals surface area contributed by atoms with Crippen LogP contribution in [-0.4, -0.2) is 73.8 Å². The Morgan fingerprint density at radius 1 is 1.26 bits per heavy atom. The van der Waals surface area contributed by atoms with Crippen LogP contribution < -0.4 is 27.2 Å². The van der Waals surface area contributed by atoms with Crippen LogP contribution in [0.15, 0.2) is 17.4 Å². The first-order chi connectivity index (χ1) is 18.6. The molecule has 0 aliphatic carbocycles. The molecule has 0 bridgehead atoms. The van der Waals surface area contributed by atoms with E-state index in [-0.39, 0.29) is 43.6 Å². The second-order valence-corrected chi connectivity index (χ2v) is 12.0. The Morgan fingerprint density at radius 3 is 2.87 bits per heavy atom. The molecule has 0 amide bonds. The molecule has 5 rings (SSSR count). The van der Waals surface area contributed by atoms with Crippen LogP contribution >= 0.6 is 28.3 Å². The molecule has 39 heavy (non-hydrogen) atoms. The van der Waals surface area contributed by atoms with Crippen molar-refractivity contribution in [3.05, 3.63) is 23.0 Å². The number of aromatic amines is 1. The van der Waals surface area contributed by atoms with Crippen molar-refractivity contribution in [2.24, 2.45) is 0 Å². The number of thiol groups is 1. The summed E-state index contributed by atoms with van der Waals surface area (Å²) >= 11 is 4.08. The highest BCUT2D eigenvalue weighted by Crippen LogP contribution is 2.53. The average molecular weight is 600 g/mol. The molecule has 6 N–H and O–H groups in total. The minimum absolute atomic E-state index is 0.00392. The van der Waals surface area contributed by atoms with Gasteiger partial charge in [-0.15, -0.1) is 0 Å². The number of hydrogen-bond acceptors (Lipinski definition) is 15. The highest BCUT2D eigenvalue weighted by atomic mass is 32.7. The van der Waals surface area contributed by atoms with E-state index in [0.717, 1.165) is 0 Å². The topological polar surface area (TPSA) is 228 Å². The summed E-state index contributed by atoms with van der Waals surface area (Å²) in [5, 5.41) is 3.11. The number of fused-ring (bicyclic) bond motifs is 2. The maximum absolute atomic E-state index is 12.8. The zero-order valence-electron chi connectivity index (χ0n) is 20.3. The van der Waals surface area contributed by atoms with E-state index in [1.54, 1.807) is 9.47 Å².